The fraction of sp³-hybridized carbons (Fsp3) is 0.316. The predicted octanol–water partition coefficient (Wildman–Crippen LogP) is 0.362. The van der Waals surface area contributed by atoms with Crippen molar-refractivity contribution in [3.63, 3.8) is 0 Å². The minimum Gasteiger partial charge on any atom is -0.497 e. The first kappa shape index (κ1) is 20.2. The van der Waals surface area contributed by atoms with E-state index in [2.05, 4.69) is 5.32 Å². The van der Waals surface area contributed by atoms with Crippen LogP contribution in [0, 0.1) is 5.82 Å². The molecule has 1 aliphatic rings. The van der Waals surface area contributed by atoms with Gasteiger partial charge in [-0.15, -0.1) is 0 Å². The highest BCUT2D eigenvalue weighted by Gasteiger charge is 2.31. The van der Waals surface area contributed by atoms with Crippen LogP contribution in [0.1, 0.15) is 0 Å². The van der Waals surface area contributed by atoms with Gasteiger partial charge in [-0.1, -0.05) is 12.1 Å². The largest absolute Gasteiger partial charge is 0.497 e. The van der Waals surface area contributed by atoms with Crippen LogP contribution in [0.2, 0.25) is 0 Å². The van der Waals surface area contributed by atoms with Crippen molar-refractivity contribution in [3.8, 4) is 5.75 Å². The number of quaternary nitrogens is 1. The molecule has 0 aliphatic carbocycles. The van der Waals surface area contributed by atoms with E-state index in [0.29, 0.717) is 31.9 Å². The average molecular weight is 408 g/mol. The van der Waals surface area contributed by atoms with Crippen molar-refractivity contribution < 1.29 is 27.2 Å². The Morgan fingerprint density at radius 1 is 1.14 bits per heavy atom. The summed E-state index contributed by atoms with van der Waals surface area (Å²) in [7, 11) is -2.06. The Labute approximate surface area is 163 Å². The molecule has 1 fully saturated rings. The van der Waals surface area contributed by atoms with Gasteiger partial charge in [0.05, 0.1) is 43.9 Å². The normalized spacial score (nSPS) is 15.9. The van der Waals surface area contributed by atoms with Gasteiger partial charge in [-0.05, 0) is 36.4 Å². The lowest BCUT2D eigenvalue weighted by Crippen LogP contribution is -3.15. The number of nitrogens with one attached hydrogen (secondary N) is 2. The molecule has 7 nitrogen and oxygen atoms in total. The molecule has 2 aromatic rings. The van der Waals surface area contributed by atoms with Crippen molar-refractivity contribution in [2.75, 3.05) is 45.2 Å². The average Bonchev–Trinajstić information content (AvgIpc) is 2.70. The third kappa shape index (κ3) is 4.67. The fourth-order valence-electron chi connectivity index (χ4n) is 3.10. The summed E-state index contributed by atoms with van der Waals surface area (Å²) in [6, 6.07) is 12.3. The number of carbonyl (C=O) groups excluding carboxylic acids is 1. The molecule has 0 unspecified atom stereocenters. The second kappa shape index (κ2) is 8.68. The van der Waals surface area contributed by atoms with Gasteiger partial charge in [0, 0.05) is 0 Å². The van der Waals surface area contributed by atoms with E-state index in [1.807, 2.05) is 0 Å². The summed E-state index contributed by atoms with van der Waals surface area (Å²) in [6.45, 7) is 1.79. The summed E-state index contributed by atoms with van der Waals surface area (Å²) < 4.78 is 45.6. The number of methoxy groups -OCH3 is 1. The quantitative estimate of drug-likeness (QED) is 0.724. The SMILES string of the molecule is COc1ccc(S(=O)(=O)N2CC[NH+](CC(=O)Nc3ccccc3F)CC2)cc1. The number of hydrogen-bond donors (Lipinski definition) is 2. The zero-order valence-corrected chi connectivity index (χ0v) is 16.3. The second-order valence-electron chi connectivity index (χ2n) is 6.53. The monoisotopic (exact) mass is 408 g/mol. The minimum absolute atomic E-state index is 0.146. The highest BCUT2D eigenvalue weighted by atomic mass is 32.2. The molecule has 1 saturated heterocycles. The molecule has 0 atom stereocenters. The number of para-hydroxylation sites is 1. The molecule has 0 radical (unpaired) electrons. The van der Waals surface area contributed by atoms with Crippen LogP contribution < -0.4 is 15.0 Å². The van der Waals surface area contributed by atoms with E-state index in [0.717, 1.165) is 4.90 Å². The summed E-state index contributed by atoms with van der Waals surface area (Å²) in [5.41, 5.74) is 0.146. The van der Waals surface area contributed by atoms with Crippen LogP contribution in [0.15, 0.2) is 53.4 Å². The zero-order chi connectivity index (χ0) is 20.1. The molecule has 0 aromatic heterocycles. The number of anilines is 1. The summed E-state index contributed by atoms with van der Waals surface area (Å²) in [4.78, 5) is 13.3. The van der Waals surface area contributed by atoms with E-state index < -0.39 is 15.8 Å². The second-order valence-corrected chi connectivity index (χ2v) is 8.47. The maximum atomic E-state index is 13.6. The number of nitrogens with zero attached hydrogens (tertiary/aromatic N) is 1. The van der Waals surface area contributed by atoms with Crippen LogP contribution in [0.4, 0.5) is 10.1 Å². The third-order valence-electron chi connectivity index (χ3n) is 4.69. The molecular weight excluding hydrogens is 385 g/mol. The van der Waals surface area contributed by atoms with Crippen molar-refractivity contribution >= 4 is 21.6 Å². The van der Waals surface area contributed by atoms with Crippen LogP contribution in [0.5, 0.6) is 5.75 Å². The fourth-order valence-corrected chi connectivity index (χ4v) is 4.54. The molecule has 2 N–H and O–H groups in total. The van der Waals surface area contributed by atoms with Crippen molar-refractivity contribution in [2.45, 2.75) is 4.90 Å². The Balaban J connectivity index is 1.55. The highest BCUT2D eigenvalue weighted by molar-refractivity contribution is 7.89. The molecule has 0 saturated carbocycles. The van der Waals surface area contributed by atoms with Gasteiger partial charge in [0.25, 0.3) is 5.91 Å². The number of rotatable bonds is 6. The van der Waals surface area contributed by atoms with Crippen molar-refractivity contribution in [1.29, 1.82) is 0 Å². The number of amides is 1. The van der Waals surface area contributed by atoms with Gasteiger partial charge in [-0.25, -0.2) is 12.8 Å². The number of piperazine rings is 1. The maximum Gasteiger partial charge on any atom is 0.279 e. The molecule has 150 valence electrons. The van der Waals surface area contributed by atoms with Crippen LogP contribution in [0.25, 0.3) is 0 Å². The lowest BCUT2D eigenvalue weighted by atomic mass is 10.3. The summed E-state index contributed by atoms with van der Waals surface area (Å²) >= 11 is 0. The van der Waals surface area contributed by atoms with E-state index in [9.17, 15) is 17.6 Å². The lowest BCUT2D eigenvalue weighted by Gasteiger charge is -2.31. The van der Waals surface area contributed by atoms with E-state index in [-0.39, 0.29) is 23.0 Å². The smallest absolute Gasteiger partial charge is 0.279 e. The molecule has 3 rings (SSSR count). The van der Waals surface area contributed by atoms with Crippen molar-refractivity contribution in [2.24, 2.45) is 0 Å². The summed E-state index contributed by atoms with van der Waals surface area (Å²) in [5, 5.41) is 2.56. The Morgan fingerprint density at radius 2 is 1.79 bits per heavy atom. The van der Waals surface area contributed by atoms with Crippen LogP contribution in [-0.4, -0.2) is 58.5 Å². The molecule has 28 heavy (non-hydrogen) atoms. The topological polar surface area (TPSA) is 80.2 Å². The lowest BCUT2D eigenvalue weighted by molar-refractivity contribution is -0.895. The minimum atomic E-state index is -3.58. The van der Waals surface area contributed by atoms with Gasteiger partial charge < -0.3 is 15.0 Å². The van der Waals surface area contributed by atoms with Crippen LogP contribution in [-0.2, 0) is 14.8 Å². The standard InChI is InChI=1S/C19H22FN3O4S/c1-27-15-6-8-16(9-7-15)28(25,26)23-12-10-22(11-13-23)14-19(24)21-18-5-3-2-4-17(18)20/h2-9H,10-14H2,1H3,(H,21,24)/p+1. The number of carbonyl (C=O) groups is 1. The summed E-state index contributed by atoms with van der Waals surface area (Å²) in [6.07, 6.45) is 0. The Bertz CT molecular complexity index is 926. The Morgan fingerprint density at radius 3 is 2.39 bits per heavy atom. The van der Waals surface area contributed by atoms with Gasteiger partial charge in [0.15, 0.2) is 6.54 Å². The first-order valence-electron chi connectivity index (χ1n) is 8.92. The third-order valence-corrected chi connectivity index (χ3v) is 6.60. The van der Waals surface area contributed by atoms with Crippen LogP contribution >= 0.6 is 0 Å². The first-order chi connectivity index (χ1) is 13.4. The number of hydrogen-bond acceptors (Lipinski definition) is 4. The molecule has 1 aliphatic heterocycles. The van der Waals surface area contributed by atoms with E-state index in [1.54, 1.807) is 24.3 Å². The number of halogens is 1. The van der Waals surface area contributed by atoms with Crippen molar-refractivity contribution in [1.82, 2.24) is 4.31 Å². The van der Waals surface area contributed by atoms with E-state index in [4.69, 9.17) is 4.74 Å². The zero-order valence-electron chi connectivity index (χ0n) is 15.5. The number of sulfonamides is 1. The molecule has 1 amide bonds. The first-order valence-corrected chi connectivity index (χ1v) is 10.4. The Kier molecular flexibility index (Phi) is 6.28. The van der Waals surface area contributed by atoms with Crippen LogP contribution in [0.3, 0.4) is 0 Å². The highest BCUT2D eigenvalue weighted by Crippen LogP contribution is 2.19. The molecule has 0 spiro atoms. The van der Waals surface area contributed by atoms with Gasteiger partial charge in [-0.2, -0.15) is 4.31 Å². The van der Waals surface area contributed by atoms with E-state index in [1.165, 1.54) is 35.7 Å². The van der Waals surface area contributed by atoms with Gasteiger partial charge >= 0.3 is 0 Å². The van der Waals surface area contributed by atoms with Crippen molar-refractivity contribution in [3.05, 3.63) is 54.3 Å². The molecule has 1 heterocycles. The summed E-state index contributed by atoms with van der Waals surface area (Å²) in [5.74, 6) is -0.193. The van der Waals surface area contributed by atoms with E-state index >= 15 is 0 Å². The van der Waals surface area contributed by atoms with Gasteiger partial charge in [-0.3, -0.25) is 4.79 Å². The number of benzene rings is 2. The van der Waals surface area contributed by atoms with Gasteiger partial charge in [0.1, 0.15) is 11.6 Å². The Hall–Kier alpha value is -2.49. The maximum absolute atomic E-state index is 13.6. The number of ether oxygens (including phenoxy) is 1. The molecule has 9 heteroatoms. The molecule has 2 aromatic carbocycles. The predicted molar refractivity (Wildman–Crippen MR) is 102 cm³/mol. The molecular formula is C19H23FN3O4S+. The molecule has 0 bridgehead atoms. The van der Waals surface area contributed by atoms with Gasteiger partial charge in [0.2, 0.25) is 10.0 Å².